The molecule has 4 aromatic rings. The number of methoxy groups -OCH3 is 1. The Morgan fingerprint density at radius 2 is 1.83 bits per heavy atom. The van der Waals surface area contributed by atoms with Gasteiger partial charge in [-0.25, -0.2) is 0 Å². The molecule has 0 unspecified atom stereocenters. The number of aromatic nitrogens is 5. The van der Waals surface area contributed by atoms with E-state index in [0.717, 1.165) is 41.7 Å². The van der Waals surface area contributed by atoms with Crippen molar-refractivity contribution < 1.29 is 9.26 Å². The summed E-state index contributed by atoms with van der Waals surface area (Å²) in [7, 11) is 1.67. The molecule has 0 aliphatic carbocycles. The van der Waals surface area contributed by atoms with E-state index in [-0.39, 0.29) is 0 Å². The van der Waals surface area contributed by atoms with Crippen LogP contribution in [-0.4, -0.2) is 32.0 Å². The minimum Gasteiger partial charge on any atom is -0.496 e. The molecule has 0 spiro atoms. The van der Waals surface area contributed by atoms with Crippen molar-refractivity contribution in [1.82, 2.24) is 24.9 Å². The van der Waals surface area contributed by atoms with Crippen molar-refractivity contribution in [3.63, 3.8) is 0 Å². The summed E-state index contributed by atoms with van der Waals surface area (Å²) in [5.74, 6) is 3.43. The van der Waals surface area contributed by atoms with Gasteiger partial charge in [-0.1, -0.05) is 66.3 Å². The first-order valence-corrected chi connectivity index (χ1v) is 10.8. The highest BCUT2D eigenvalue weighted by Crippen LogP contribution is 2.31. The largest absolute Gasteiger partial charge is 0.496 e. The first-order valence-electron chi connectivity index (χ1n) is 9.83. The maximum absolute atomic E-state index is 5.55. The van der Waals surface area contributed by atoms with Crippen LogP contribution in [0, 0.1) is 0 Å². The SMILES string of the molecule is CCc1nc(CSc2nnc(-c3ccccc3OC)n2CCc2ccccc2)no1. The maximum Gasteiger partial charge on any atom is 0.226 e. The lowest BCUT2D eigenvalue weighted by atomic mass is 10.1. The van der Waals surface area contributed by atoms with Crippen molar-refractivity contribution in [3.05, 3.63) is 71.9 Å². The maximum atomic E-state index is 5.55. The predicted octanol–water partition coefficient (Wildman–Crippen LogP) is 4.43. The highest BCUT2D eigenvalue weighted by molar-refractivity contribution is 7.98. The van der Waals surface area contributed by atoms with Gasteiger partial charge in [-0.2, -0.15) is 4.98 Å². The zero-order valence-electron chi connectivity index (χ0n) is 17.0. The van der Waals surface area contributed by atoms with E-state index in [9.17, 15) is 0 Å². The van der Waals surface area contributed by atoms with E-state index in [1.54, 1.807) is 18.9 Å². The third-order valence-corrected chi connectivity index (χ3v) is 5.64. The molecule has 7 nitrogen and oxygen atoms in total. The Hall–Kier alpha value is -3.13. The zero-order valence-corrected chi connectivity index (χ0v) is 17.8. The molecule has 2 aromatic carbocycles. The Morgan fingerprint density at radius 1 is 1.03 bits per heavy atom. The Balaban J connectivity index is 1.62. The Bertz CT molecular complexity index is 1090. The summed E-state index contributed by atoms with van der Waals surface area (Å²) < 4.78 is 12.9. The van der Waals surface area contributed by atoms with Crippen LogP contribution >= 0.6 is 11.8 Å². The van der Waals surface area contributed by atoms with E-state index in [1.807, 2.05) is 37.3 Å². The molecular weight excluding hydrogens is 398 g/mol. The normalized spacial score (nSPS) is 11.0. The summed E-state index contributed by atoms with van der Waals surface area (Å²) in [6.07, 6.45) is 1.60. The number of rotatable bonds is 9. The van der Waals surface area contributed by atoms with Crippen LogP contribution in [-0.2, 0) is 25.1 Å². The van der Waals surface area contributed by atoms with E-state index in [2.05, 4.69) is 49.2 Å². The van der Waals surface area contributed by atoms with Crippen molar-refractivity contribution in [1.29, 1.82) is 0 Å². The number of para-hydroxylation sites is 1. The number of thioether (sulfide) groups is 1. The van der Waals surface area contributed by atoms with Crippen LogP contribution in [0.5, 0.6) is 5.75 Å². The molecule has 0 atom stereocenters. The first-order chi connectivity index (χ1) is 14.8. The fraction of sp³-hybridized carbons (Fsp3) is 0.273. The van der Waals surface area contributed by atoms with Gasteiger partial charge in [0, 0.05) is 13.0 Å². The van der Waals surface area contributed by atoms with Crippen LogP contribution in [0.1, 0.15) is 24.2 Å². The zero-order chi connectivity index (χ0) is 20.8. The third kappa shape index (κ3) is 4.54. The van der Waals surface area contributed by atoms with E-state index in [1.165, 1.54) is 5.56 Å². The van der Waals surface area contributed by atoms with Crippen LogP contribution in [0.3, 0.4) is 0 Å². The standard InChI is InChI=1S/C22H23N5O2S/c1-3-20-23-19(26-29-20)15-30-22-25-24-21(17-11-7-8-12-18(17)28-2)27(22)14-13-16-9-5-4-6-10-16/h4-12H,3,13-15H2,1-2H3. The molecule has 8 heteroatoms. The highest BCUT2D eigenvalue weighted by Gasteiger charge is 2.18. The van der Waals surface area contributed by atoms with Crippen molar-refractivity contribution in [2.75, 3.05) is 7.11 Å². The fourth-order valence-electron chi connectivity index (χ4n) is 3.13. The van der Waals surface area contributed by atoms with Gasteiger partial charge in [-0.05, 0) is 24.1 Å². The van der Waals surface area contributed by atoms with Crippen LogP contribution in [0.15, 0.2) is 64.3 Å². The molecule has 2 aromatic heterocycles. The fourth-order valence-corrected chi connectivity index (χ4v) is 3.94. The summed E-state index contributed by atoms with van der Waals surface area (Å²) in [6.45, 7) is 2.74. The molecule has 0 bridgehead atoms. The molecule has 0 saturated heterocycles. The second-order valence-electron chi connectivity index (χ2n) is 6.64. The van der Waals surface area contributed by atoms with E-state index in [0.29, 0.717) is 17.5 Å². The van der Waals surface area contributed by atoms with Gasteiger partial charge in [0.2, 0.25) is 5.89 Å². The Kier molecular flexibility index (Phi) is 6.44. The monoisotopic (exact) mass is 421 g/mol. The quantitative estimate of drug-likeness (QED) is 0.370. The molecule has 4 rings (SSSR count). The average Bonchev–Trinajstić information content (AvgIpc) is 3.43. The number of nitrogens with zero attached hydrogens (tertiary/aromatic N) is 5. The minimum absolute atomic E-state index is 0.568. The lowest BCUT2D eigenvalue weighted by molar-refractivity contribution is 0.378. The molecule has 0 saturated carbocycles. The first kappa shape index (κ1) is 20.2. The number of aryl methyl sites for hydroxylation is 2. The molecule has 154 valence electrons. The minimum atomic E-state index is 0.568. The van der Waals surface area contributed by atoms with Crippen molar-refractivity contribution >= 4 is 11.8 Å². The summed E-state index contributed by atoms with van der Waals surface area (Å²) >= 11 is 1.55. The lowest BCUT2D eigenvalue weighted by Gasteiger charge is -2.12. The Labute approximate surface area is 179 Å². The molecule has 30 heavy (non-hydrogen) atoms. The van der Waals surface area contributed by atoms with Gasteiger partial charge in [0.05, 0.1) is 18.4 Å². The van der Waals surface area contributed by atoms with E-state index < -0.39 is 0 Å². The summed E-state index contributed by atoms with van der Waals surface area (Å²) in [6, 6.07) is 18.3. The van der Waals surface area contributed by atoms with Gasteiger partial charge in [0.1, 0.15) is 5.75 Å². The molecule has 0 aliphatic heterocycles. The summed E-state index contributed by atoms with van der Waals surface area (Å²) in [5.41, 5.74) is 2.18. The van der Waals surface area contributed by atoms with Crippen molar-refractivity contribution in [2.24, 2.45) is 0 Å². The van der Waals surface area contributed by atoms with Crippen LogP contribution < -0.4 is 4.74 Å². The van der Waals surface area contributed by atoms with Gasteiger partial charge >= 0.3 is 0 Å². The smallest absolute Gasteiger partial charge is 0.226 e. The second kappa shape index (κ2) is 9.58. The molecule has 0 fully saturated rings. The molecular formula is C22H23N5O2S. The predicted molar refractivity (Wildman–Crippen MR) is 115 cm³/mol. The topological polar surface area (TPSA) is 78.9 Å². The van der Waals surface area contributed by atoms with Gasteiger partial charge in [-0.15, -0.1) is 10.2 Å². The van der Waals surface area contributed by atoms with Crippen molar-refractivity contribution in [3.8, 4) is 17.1 Å². The molecule has 2 heterocycles. The summed E-state index contributed by atoms with van der Waals surface area (Å²) in [4.78, 5) is 4.38. The number of hydrogen-bond donors (Lipinski definition) is 0. The van der Waals surface area contributed by atoms with E-state index >= 15 is 0 Å². The van der Waals surface area contributed by atoms with Gasteiger partial charge in [0.25, 0.3) is 0 Å². The summed E-state index contributed by atoms with van der Waals surface area (Å²) in [5, 5.41) is 13.8. The highest BCUT2D eigenvalue weighted by atomic mass is 32.2. The van der Waals surface area contributed by atoms with Crippen molar-refractivity contribution in [2.45, 2.75) is 37.2 Å². The van der Waals surface area contributed by atoms with E-state index in [4.69, 9.17) is 9.26 Å². The molecule has 0 aliphatic rings. The molecule has 0 radical (unpaired) electrons. The third-order valence-electron chi connectivity index (χ3n) is 4.67. The van der Waals surface area contributed by atoms with Crippen LogP contribution in [0.4, 0.5) is 0 Å². The second-order valence-corrected chi connectivity index (χ2v) is 7.58. The number of ether oxygens (including phenoxy) is 1. The number of benzene rings is 2. The van der Waals surface area contributed by atoms with Gasteiger partial charge in [-0.3, -0.25) is 0 Å². The molecule has 0 N–H and O–H groups in total. The number of hydrogen-bond acceptors (Lipinski definition) is 7. The lowest BCUT2D eigenvalue weighted by Crippen LogP contribution is -2.06. The van der Waals surface area contributed by atoms with Crippen LogP contribution in [0.25, 0.3) is 11.4 Å². The van der Waals surface area contributed by atoms with Gasteiger partial charge < -0.3 is 13.8 Å². The van der Waals surface area contributed by atoms with Gasteiger partial charge in [0.15, 0.2) is 16.8 Å². The Morgan fingerprint density at radius 3 is 2.60 bits per heavy atom. The van der Waals surface area contributed by atoms with Crippen LogP contribution in [0.2, 0.25) is 0 Å². The average molecular weight is 422 g/mol. The molecule has 0 amide bonds.